The molecular weight excluding hydrogens is 269 g/mol. The molecule has 1 spiro atoms. The molecule has 2 bridgehead atoms. The third-order valence-electron chi connectivity index (χ3n) is 6.54. The van der Waals surface area contributed by atoms with Gasteiger partial charge >= 0.3 is 0 Å². The van der Waals surface area contributed by atoms with Gasteiger partial charge in [0.1, 0.15) is 6.10 Å². The minimum atomic E-state index is -0.469. The molecule has 2 aliphatic carbocycles. The standard InChI is InChI=1S/C17H20FNO2/c1-19-7-6-17-10-3-5-13(20)16(17)21-15-11(18)4-2-9(14(15)17)8-12(10)19/h2,4,10,12-13,16,20H,3,5-8H2,1H3/t10-,12+,13-,16-,17-/m0/s1. The molecule has 1 aromatic rings. The van der Waals surface area contributed by atoms with Crippen LogP contribution in [-0.2, 0) is 11.8 Å². The summed E-state index contributed by atoms with van der Waals surface area (Å²) in [6, 6.07) is 3.97. The maximum absolute atomic E-state index is 14.3. The molecule has 4 aliphatic rings. The van der Waals surface area contributed by atoms with Gasteiger partial charge in [0, 0.05) is 17.0 Å². The first-order chi connectivity index (χ1) is 10.1. The fourth-order valence-electron chi connectivity index (χ4n) is 5.69. The number of rotatable bonds is 0. The zero-order valence-corrected chi connectivity index (χ0v) is 12.2. The SMILES string of the molecule is CN1CC[C@]23c4c5ccc(F)c4O[C@H]2[C@@H](O)CC[C@H]3[C@H]1C5. The number of likely N-dealkylation sites (N-methyl/N-ethyl adjacent to an activating group) is 1. The summed E-state index contributed by atoms with van der Waals surface area (Å²) in [6.45, 7) is 1.00. The van der Waals surface area contributed by atoms with Crippen LogP contribution in [0, 0.1) is 11.7 Å². The molecule has 5 atom stereocenters. The Morgan fingerprint density at radius 3 is 3.10 bits per heavy atom. The van der Waals surface area contributed by atoms with Crippen molar-refractivity contribution in [1.82, 2.24) is 4.90 Å². The van der Waals surface area contributed by atoms with E-state index in [-0.39, 0.29) is 17.3 Å². The van der Waals surface area contributed by atoms with Gasteiger partial charge in [-0.05, 0) is 56.8 Å². The Morgan fingerprint density at radius 1 is 1.38 bits per heavy atom. The number of hydrogen-bond donors (Lipinski definition) is 1. The van der Waals surface area contributed by atoms with Crippen molar-refractivity contribution in [2.45, 2.75) is 49.3 Å². The van der Waals surface area contributed by atoms with Crippen LogP contribution in [0.15, 0.2) is 12.1 Å². The number of piperidine rings is 1. The van der Waals surface area contributed by atoms with E-state index in [1.807, 2.05) is 6.07 Å². The third kappa shape index (κ3) is 1.28. The zero-order chi connectivity index (χ0) is 14.4. The molecule has 5 rings (SSSR count). The van der Waals surface area contributed by atoms with Crippen molar-refractivity contribution in [3.63, 3.8) is 0 Å². The molecule has 21 heavy (non-hydrogen) atoms. The topological polar surface area (TPSA) is 32.7 Å². The minimum Gasteiger partial charge on any atom is -0.483 e. The molecule has 4 heteroatoms. The second kappa shape index (κ2) is 3.79. The van der Waals surface area contributed by atoms with Crippen LogP contribution in [0.1, 0.15) is 30.4 Å². The van der Waals surface area contributed by atoms with Crippen molar-refractivity contribution in [3.8, 4) is 5.75 Å². The summed E-state index contributed by atoms with van der Waals surface area (Å²) >= 11 is 0. The zero-order valence-electron chi connectivity index (χ0n) is 12.2. The van der Waals surface area contributed by atoms with Crippen LogP contribution < -0.4 is 4.74 Å². The van der Waals surface area contributed by atoms with Crippen LogP contribution in [0.3, 0.4) is 0 Å². The van der Waals surface area contributed by atoms with Crippen molar-refractivity contribution < 1.29 is 14.2 Å². The average molecular weight is 289 g/mol. The predicted molar refractivity (Wildman–Crippen MR) is 76.0 cm³/mol. The highest BCUT2D eigenvalue weighted by Gasteiger charge is 2.65. The summed E-state index contributed by atoms with van der Waals surface area (Å²) in [6.07, 6.45) is 3.02. The van der Waals surface area contributed by atoms with Crippen molar-refractivity contribution >= 4 is 0 Å². The Morgan fingerprint density at radius 2 is 2.24 bits per heavy atom. The van der Waals surface area contributed by atoms with Crippen molar-refractivity contribution in [2.24, 2.45) is 5.92 Å². The van der Waals surface area contributed by atoms with Gasteiger partial charge in [-0.2, -0.15) is 0 Å². The monoisotopic (exact) mass is 289 g/mol. The second-order valence-electron chi connectivity index (χ2n) is 7.24. The number of likely N-dealkylation sites (tertiary alicyclic amines) is 1. The summed E-state index contributed by atoms with van der Waals surface area (Å²) in [5, 5.41) is 10.5. The van der Waals surface area contributed by atoms with E-state index in [2.05, 4.69) is 11.9 Å². The first kappa shape index (κ1) is 12.4. The maximum Gasteiger partial charge on any atom is 0.165 e. The van der Waals surface area contributed by atoms with Crippen molar-refractivity contribution in [1.29, 1.82) is 0 Å². The van der Waals surface area contributed by atoms with E-state index in [1.54, 1.807) is 0 Å². The highest BCUT2D eigenvalue weighted by atomic mass is 19.1. The fourth-order valence-corrected chi connectivity index (χ4v) is 5.69. The first-order valence-corrected chi connectivity index (χ1v) is 8.00. The van der Waals surface area contributed by atoms with E-state index >= 15 is 0 Å². The van der Waals surface area contributed by atoms with Gasteiger partial charge in [0.25, 0.3) is 0 Å². The van der Waals surface area contributed by atoms with Gasteiger partial charge in [0.05, 0.1) is 6.10 Å². The second-order valence-corrected chi connectivity index (χ2v) is 7.24. The molecule has 112 valence electrons. The molecule has 1 aromatic carbocycles. The highest BCUT2D eigenvalue weighted by Crippen LogP contribution is 2.62. The van der Waals surface area contributed by atoms with Crippen molar-refractivity contribution in [2.75, 3.05) is 13.6 Å². The van der Waals surface area contributed by atoms with E-state index in [0.29, 0.717) is 17.7 Å². The van der Waals surface area contributed by atoms with Gasteiger partial charge in [-0.25, -0.2) is 4.39 Å². The molecule has 3 nitrogen and oxygen atoms in total. The minimum absolute atomic E-state index is 0.153. The Labute approximate surface area is 123 Å². The molecule has 0 unspecified atom stereocenters. The van der Waals surface area contributed by atoms with Gasteiger partial charge in [-0.1, -0.05) is 6.07 Å². The normalized spacial score (nSPS) is 43.4. The highest BCUT2D eigenvalue weighted by molar-refractivity contribution is 5.55. The van der Waals surface area contributed by atoms with Crippen LogP contribution >= 0.6 is 0 Å². The molecule has 0 amide bonds. The van der Waals surface area contributed by atoms with Gasteiger partial charge in [0.15, 0.2) is 11.6 Å². The summed E-state index contributed by atoms with van der Waals surface area (Å²) in [5.74, 6) is 0.660. The number of hydrogen-bond acceptors (Lipinski definition) is 3. The number of benzene rings is 1. The lowest BCUT2D eigenvalue weighted by Crippen LogP contribution is -2.66. The first-order valence-electron chi connectivity index (χ1n) is 8.00. The van der Waals surface area contributed by atoms with Crippen LogP contribution in [0.5, 0.6) is 5.75 Å². The Bertz CT molecular complexity index is 633. The molecular formula is C17H20FNO2. The average Bonchev–Trinajstić information content (AvgIpc) is 2.83. The van der Waals surface area contributed by atoms with Crippen LogP contribution in [0.2, 0.25) is 0 Å². The molecule has 0 radical (unpaired) electrons. The predicted octanol–water partition coefficient (Wildman–Crippen LogP) is 1.86. The molecule has 1 saturated carbocycles. The maximum atomic E-state index is 14.3. The smallest absolute Gasteiger partial charge is 0.165 e. The molecule has 0 aromatic heterocycles. The number of aliphatic hydroxyl groups is 1. The van der Waals surface area contributed by atoms with E-state index in [4.69, 9.17) is 4.74 Å². The number of nitrogens with zero attached hydrogens (tertiary/aromatic N) is 1. The fraction of sp³-hybridized carbons (Fsp3) is 0.647. The van der Waals surface area contributed by atoms with Gasteiger partial charge in [0.2, 0.25) is 0 Å². The van der Waals surface area contributed by atoms with E-state index < -0.39 is 6.10 Å². The lowest BCUT2D eigenvalue weighted by molar-refractivity contribution is -0.0995. The lowest BCUT2D eigenvalue weighted by atomic mass is 9.51. The van der Waals surface area contributed by atoms with Gasteiger partial charge in [-0.3, -0.25) is 0 Å². The number of ether oxygens (including phenoxy) is 1. The summed E-state index contributed by atoms with van der Waals surface area (Å²) in [4.78, 5) is 2.45. The summed E-state index contributed by atoms with van der Waals surface area (Å²) in [7, 11) is 2.20. The number of halogens is 1. The molecule has 2 fully saturated rings. The quantitative estimate of drug-likeness (QED) is 0.791. The lowest BCUT2D eigenvalue weighted by Gasteiger charge is -2.58. The Balaban J connectivity index is 1.81. The van der Waals surface area contributed by atoms with Gasteiger partial charge in [-0.15, -0.1) is 0 Å². The van der Waals surface area contributed by atoms with Crippen molar-refractivity contribution in [3.05, 3.63) is 29.1 Å². The summed E-state index contributed by atoms with van der Waals surface area (Å²) < 4.78 is 20.3. The molecule has 1 N–H and O–H groups in total. The summed E-state index contributed by atoms with van der Waals surface area (Å²) in [5.41, 5.74) is 2.18. The Hall–Kier alpha value is -1.13. The largest absolute Gasteiger partial charge is 0.483 e. The molecule has 2 aliphatic heterocycles. The van der Waals surface area contributed by atoms with E-state index in [1.165, 1.54) is 11.6 Å². The van der Waals surface area contributed by atoms with E-state index in [9.17, 15) is 9.50 Å². The Kier molecular flexibility index (Phi) is 2.24. The van der Waals surface area contributed by atoms with E-state index in [0.717, 1.165) is 37.8 Å². The van der Waals surface area contributed by atoms with Crippen LogP contribution in [-0.4, -0.2) is 41.8 Å². The van der Waals surface area contributed by atoms with Crippen LogP contribution in [0.25, 0.3) is 0 Å². The molecule has 1 saturated heterocycles. The number of aliphatic hydroxyl groups excluding tert-OH is 1. The third-order valence-corrected chi connectivity index (χ3v) is 6.54. The van der Waals surface area contributed by atoms with Gasteiger partial charge < -0.3 is 14.7 Å². The molecule has 2 heterocycles. The van der Waals surface area contributed by atoms with Crippen LogP contribution in [0.4, 0.5) is 4.39 Å².